The summed E-state index contributed by atoms with van der Waals surface area (Å²) < 4.78 is 4.97. The van der Waals surface area contributed by atoms with Gasteiger partial charge in [0.05, 0.1) is 27.9 Å². The minimum Gasteiger partial charge on any atom is -0.472 e. The second-order valence-corrected chi connectivity index (χ2v) is 4.34. The molecule has 2 aromatic rings. The summed E-state index contributed by atoms with van der Waals surface area (Å²) in [6.45, 7) is 0. The molecule has 1 nitrogen and oxygen atoms in total. The van der Waals surface area contributed by atoms with Crippen molar-refractivity contribution in [2.75, 3.05) is 0 Å². The molecule has 1 unspecified atom stereocenters. The van der Waals surface area contributed by atoms with E-state index in [2.05, 4.69) is 0 Å². The van der Waals surface area contributed by atoms with Crippen LogP contribution in [-0.4, -0.2) is 0 Å². The first-order chi connectivity index (χ1) is 7.18. The minimum atomic E-state index is -0.265. The largest absolute Gasteiger partial charge is 0.472 e. The highest BCUT2D eigenvalue weighted by Crippen LogP contribution is 2.32. The first-order valence-corrected chi connectivity index (χ1v) is 5.49. The van der Waals surface area contributed by atoms with E-state index < -0.39 is 0 Å². The quantitative estimate of drug-likeness (QED) is 0.700. The molecule has 1 aromatic heterocycles. The van der Waals surface area contributed by atoms with Crippen molar-refractivity contribution in [3.05, 3.63) is 58.0 Å². The second kappa shape index (κ2) is 4.48. The lowest BCUT2D eigenvalue weighted by Gasteiger charge is -2.08. The Morgan fingerprint density at radius 1 is 1.00 bits per heavy atom. The monoisotopic (exact) mass is 260 g/mol. The van der Waals surface area contributed by atoms with E-state index in [1.807, 2.05) is 12.1 Å². The second-order valence-electron chi connectivity index (χ2n) is 3.09. The normalized spacial score (nSPS) is 12.7. The smallest absolute Gasteiger partial charge is 0.0952 e. The fraction of sp³-hybridized carbons (Fsp3) is 0.0909. The molecule has 0 aliphatic rings. The van der Waals surface area contributed by atoms with Crippen molar-refractivity contribution in [3.63, 3.8) is 0 Å². The fourth-order valence-corrected chi connectivity index (χ4v) is 1.85. The topological polar surface area (TPSA) is 13.1 Å². The predicted molar refractivity (Wildman–Crippen MR) is 62.9 cm³/mol. The van der Waals surface area contributed by atoms with Gasteiger partial charge in [0.1, 0.15) is 0 Å². The standard InChI is InChI=1S/C11H7Cl3O/c12-9-2-1-7(5-10(9)13)11(14)8-3-4-15-6-8/h1-6,11H. The number of rotatable bonds is 2. The van der Waals surface area contributed by atoms with Gasteiger partial charge in [0.2, 0.25) is 0 Å². The Labute approximate surface area is 103 Å². The molecule has 0 aliphatic carbocycles. The maximum atomic E-state index is 6.24. The summed E-state index contributed by atoms with van der Waals surface area (Å²) >= 11 is 18.0. The molecule has 78 valence electrons. The zero-order valence-corrected chi connectivity index (χ0v) is 9.85. The molecule has 0 spiro atoms. The van der Waals surface area contributed by atoms with Gasteiger partial charge >= 0.3 is 0 Å². The Kier molecular flexibility index (Phi) is 3.25. The Bertz CT molecular complexity index is 451. The number of halogens is 3. The molecule has 0 saturated heterocycles. The van der Waals surface area contributed by atoms with Gasteiger partial charge in [0.15, 0.2) is 0 Å². The zero-order chi connectivity index (χ0) is 10.8. The van der Waals surface area contributed by atoms with Crippen LogP contribution >= 0.6 is 34.8 Å². The van der Waals surface area contributed by atoms with E-state index in [1.54, 1.807) is 24.7 Å². The molecular formula is C11H7Cl3O. The van der Waals surface area contributed by atoms with E-state index in [0.717, 1.165) is 11.1 Å². The van der Waals surface area contributed by atoms with Gasteiger partial charge in [-0.3, -0.25) is 0 Å². The van der Waals surface area contributed by atoms with E-state index in [-0.39, 0.29) is 5.38 Å². The van der Waals surface area contributed by atoms with Gasteiger partial charge in [-0.1, -0.05) is 29.3 Å². The summed E-state index contributed by atoms with van der Waals surface area (Å²) in [5.41, 5.74) is 1.79. The lowest BCUT2D eigenvalue weighted by atomic mass is 10.1. The zero-order valence-electron chi connectivity index (χ0n) is 7.58. The lowest BCUT2D eigenvalue weighted by Crippen LogP contribution is -1.90. The van der Waals surface area contributed by atoms with Crippen LogP contribution in [-0.2, 0) is 0 Å². The van der Waals surface area contributed by atoms with Crippen LogP contribution in [0.5, 0.6) is 0 Å². The van der Waals surface area contributed by atoms with Gasteiger partial charge in [-0.25, -0.2) is 0 Å². The van der Waals surface area contributed by atoms with Crippen molar-refractivity contribution >= 4 is 34.8 Å². The highest BCUT2D eigenvalue weighted by Gasteiger charge is 2.12. The van der Waals surface area contributed by atoms with Crippen LogP contribution in [0.4, 0.5) is 0 Å². The average molecular weight is 262 g/mol. The van der Waals surface area contributed by atoms with Crippen molar-refractivity contribution in [2.45, 2.75) is 5.38 Å². The van der Waals surface area contributed by atoms with Crippen molar-refractivity contribution < 1.29 is 4.42 Å². The third-order valence-electron chi connectivity index (χ3n) is 2.07. The molecule has 1 aromatic carbocycles. The van der Waals surface area contributed by atoms with Crippen LogP contribution in [0.1, 0.15) is 16.5 Å². The minimum absolute atomic E-state index is 0.265. The van der Waals surface area contributed by atoms with Gasteiger partial charge < -0.3 is 4.42 Å². The summed E-state index contributed by atoms with van der Waals surface area (Å²) in [6, 6.07) is 7.16. The number of hydrogen-bond acceptors (Lipinski definition) is 1. The molecule has 0 amide bonds. The van der Waals surface area contributed by atoms with Gasteiger partial charge in [0, 0.05) is 5.56 Å². The van der Waals surface area contributed by atoms with Crippen LogP contribution in [0, 0.1) is 0 Å². The predicted octanol–water partition coefficient (Wildman–Crippen LogP) is 4.91. The van der Waals surface area contributed by atoms with Gasteiger partial charge in [-0.15, -0.1) is 11.6 Å². The summed E-state index contributed by atoms with van der Waals surface area (Å²) in [5, 5.41) is 0.762. The molecular weight excluding hydrogens is 254 g/mol. The molecule has 0 N–H and O–H groups in total. The molecule has 0 saturated carbocycles. The number of alkyl halides is 1. The first kappa shape index (κ1) is 10.9. The van der Waals surface area contributed by atoms with Crippen LogP contribution in [0.3, 0.4) is 0 Å². The molecule has 1 atom stereocenters. The molecule has 15 heavy (non-hydrogen) atoms. The van der Waals surface area contributed by atoms with E-state index in [1.165, 1.54) is 0 Å². The van der Waals surface area contributed by atoms with Crippen molar-refractivity contribution in [2.24, 2.45) is 0 Å². The lowest BCUT2D eigenvalue weighted by molar-refractivity contribution is 0.564. The highest BCUT2D eigenvalue weighted by molar-refractivity contribution is 6.42. The molecule has 0 radical (unpaired) electrons. The van der Waals surface area contributed by atoms with E-state index >= 15 is 0 Å². The SMILES string of the molecule is Clc1ccc(C(Cl)c2ccoc2)cc1Cl. The Hall–Kier alpha value is -0.630. The van der Waals surface area contributed by atoms with Crippen molar-refractivity contribution in [3.8, 4) is 0 Å². The summed E-state index contributed by atoms with van der Waals surface area (Å²) in [6.07, 6.45) is 3.20. The first-order valence-electron chi connectivity index (χ1n) is 4.29. The van der Waals surface area contributed by atoms with Gasteiger partial charge in [-0.05, 0) is 23.8 Å². The Balaban J connectivity index is 2.34. The van der Waals surface area contributed by atoms with Crippen LogP contribution < -0.4 is 0 Å². The molecule has 4 heteroatoms. The fourth-order valence-electron chi connectivity index (χ4n) is 1.28. The number of benzene rings is 1. The average Bonchev–Trinajstić information content (AvgIpc) is 2.74. The maximum Gasteiger partial charge on any atom is 0.0952 e. The van der Waals surface area contributed by atoms with E-state index in [0.29, 0.717) is 10.0 Å². The molecule has 0 bridgehead atoms. The number of hydrogen-bond donors (Lipinski definition) is 0. The molecule has 0 aliphatic heterocycles. The molecule has 0 fully saturated rings. The van der Waals surface area contributed by atoms with Crippen LogP contribution in [0.15, 0.2) is 41.2 Å². The van der Waals surface area contributed by atoms with Crippen molar-refractivity contribution in [1.29, 1.82) is 0 Å². The third kappa shape index (κ3) is 2.31. The van der Waals surface area contributed by atoms with Crippen LogP contribution in [0.25, 0.3) is 0 Å². The Morgan fingerprint density at radius 2 is 1.80 bits per heavy atom. The summed E-state index contributed by atoms with van der Waals surface area (Å²) in [4.78, 5) is 0. The molecule has 2 rings (SSSR count). The van der Waals surface area contributed by atoms with Crippen LogP contribution in [0.2, 0.25) is 10.0 Å². The van der Waals surface area contributed by atoms with Gasteiger partial charge in [0.25, 0.3) is 0 Å². The molecule has 1 heterocycles. The van der Waals surface area contributed by atoms with Crippen molar-refractivity contribution in [1.82, 2.24) is 0 Å². The Morgan fingerprint density at radius 3 is 2.40 bits per heavy atom. The number of furan rings is 1. The highest BCUT2D eigenvalue weighted by atomic mass is 35.5. The summed E-state index contributed by atoms with van der Waals surface area (Å²) in [7, 11) is 0. The summed E-state index contributed by atoms with van der Waals surface area (Å²) in [5.74, 6) is 0. The maximum absolute atomic E-state index is 6.24. The third-order valence-corrected chi connectivity index (χ3v) is 3.32. The van der Waals surface area contributed by atoms with E-state index in [9.17, 15) is 0 Å². The van der Waals surface area contributed by atoms with Gasteiger partial charge in [-0.2, -0.15) is 0 Å². The van der Waals surface area contributed by atoms with E-state index in [4.69, 9.17) is 39.2 Å².